The zero-order chi connectivity index (χ0) is 27.2. The number of nitrogens with one attached hydrogen (secondary N) is 1. The van der Waals surface area contributed by atoms with Crippen molar-refractivity contribution in [3.63, 3.8) is 0 Å². The first-order chi connectivity index (χ1) is 17.9. The van der Waals surface area contributed by atoms with E-state index in [1.807, 2.05) is 0 Å². The number of aromatic amines is 1. The Bertz CT molecular complexity index is 1600. The molecular formula is C27H16F8N3+. The summed E-state index contributed by atoms with van der Waals surface area (Å²) in [6, 6.07) is 13.0. The van der Waals surface area contributed by atoms with Gasteiger partial charge in [-0.3, -0.25) is 0 Å². The molecule has 0 spiro atoms. The number of nitrogens with zero attached hydrogens (tertiary/aromatic N) is 2. The first-order valence-corrected chi connectivity index (χ1v) is 11.1. The number of aromatic nitrogens is 3. The summed E-state index contributed by atoms with van der Waals surface area (Å²) in [6.07, 6.45) is -6.47. The predicted molar refractivity (Wildman–Crippen MR) is 123 cm³/mol. The Morgan fingerprint density at radius 3 is 2.05 bits per heavy atom. The van der Waals surface area contributed by atoms with E-state index in [0.29, 0.717) is 29.7 Å². The maximum absolute atomic E-state index is 14.1. The van der Waals surface area contributed by atoms with Crippen molar-refractivity contribution in [2.45, 2.75) is 18.9 Å². The topological polar surface area (TPSA) is 32.6 Å². The summed E-state index contributed by atoms with van der Waals surface area (Å²) in [5.41, 5.74) is -1.02. The van der Waals surface area contributed by atoms with Gasteiger partial charge in [0.2, 0.25) is 0 Å². The van der Waals surface area contributed by atoms with E-state index in [1.165, 1.54) is 24.3 Å². The highest BCUT2D eigenvalue weighted by atomic mass is 19.4. The van der Waals surface area contributed by atoms with E-state index in [-0.39, 0.29) is 28.6 Å². The van der Waals surface area contributed by atoms with Crippen LogP contribution in [0.2, 0.25) is 0 Å². The highest BCUT2D eigenvalue weighted by molar-refractivity contribution is 5.77. The van der Waals surface area contributed by atoms with E-state index in [2.05, 4.69) is 9.97 Å². The fraction of sp³-hybridized carbons (Fsp3) is 0.111. The molecule has 1 N–H and O–H groups in total. The second-order valence-electron chi connectivity index (χ2n) is 8.59. The maximum Gasteiger partial charge on any atom is 0.416 e. The minimum Gasteiger partial charge on any atom is -0.333 e. The van der Waals surface area contributed by atoms with Crippen molar-refractivity contribution in [2.75, 3.05) is 0 Å². The molecule has 0 aliphatic carbocycles. The Kier molecular flexibility index (Phi) is 6.16. The number of rotatable bonds is 4. The number of pyridine rings is 1. The van der Waals surface area contributed by atoms with Crippen molar-refractivity contribution in [3.8, 4) is 22.5 Å². The van der Waals surface area contributed by atoms with Gasteiger partial charge in [0.25, 0.3) is 0 Å². The lowest BCUT2D eigenvalue weighted by Gasteiger charge is -2.14. The lowest BCUT2D eigenvalue weighted by molar-refractivity contribution is -0.687. The molecule has 5 rings (SSSR count). The third kappa shape index (κ3) is 5.09. The molecule has 0 fully saturated rings. The van der Waals surface area contributed by atoms with Crippen molar-refractivity contribution in [1.29, 1.82) is 0 Å². The van der Waals surface area contributed by atoms with Crippen molar-refractivity contribution in [1.82, 2.24) is 9.97 Å². The molecule has 0 aliphatic rings. The molecule has 2 heterocycles. The van der Waals surface area contributed by atoms with Crippen LogP contribution in [0.1, 0.15) is 16.7 Å². The number of H-pyrrole nitrogens is 1. The summed E-state index contributed by atoms with van der Waals surface area (Å²) in [7, 11) is 0. The van der Waals surface area contributed by atoms with Crippen LogP contribution in [0.25, 0.3) is 33.5 Å². The van der Waals surface area contributed by atoms with Gasteiger partial charge in [0.15, 0.2) is 30.6 Å². The van der Waals surface area contributed by atoms with Crippen molar-refractivity contribution in [2.24, 2.45) is 0 Å². The first-order valence-electron chi connectivity index (χ1n) is 11.1. The van der Waals surface area contributed by atoms with Gasteiger partial charge in [0, 0.05) is 11.6 Å². The zero-order valence-corrected chi connectivity index (χ0v) is 19.1. The molecule has 3 aromatic carbocycles. The van der Waals surface area contributed by atoms with Crippen LogP contribution in [-0.2, 0) is 18.9 Å². The van der Waals surface area contributed by atoms with E-state index >= 15 is 0 Å². The van der Waals surface area contributed by atoms with E-state index in [1.54, 1.807) is 35.2 Å². The van der Waals surface area contributed by atoms with Crippen molar-refractivity contribution < 1.29 is 39.7 Å². The van der Waals surface area contributed by atoms with Gasteiger partial charge in [-0.25, -0.2) is 13.8 Å². The fourth-order valence-corrected chi connectivity index (χ4v) is 4.05. The summed E-state index contributed by atoms with van der Waals surface area (Å²) in [4.78, 5) is 7.24. The third-order valence-electron chi connectivity index (χ3n) is 5.93. The molecule has 0 aliphatic heterocycles. The van der Waals surface area contributed by atoms with Crippen LogP contribution < -0.4 is 4.57 Å². The molecule has 0 bridgehead atoms. The summed E-state index contributed by atoms with van der Waals surface area (Å²) >= 11 is 0. The Labute approximate surface area is 210 Å². The van der Waals surface area contributed by atoms with Crippen molar-refractivity contribution >= 4 is 11.0 Å². The molecular weight excluding hydrogens is 518 g/mol. The molecule has 0 atom stereocenters. The standard InChI is InChI=1S/C27H15F8N3/c28-21-3-1-2-20(24(21)29)25-36-22-8-9-38(14-23(22)37-25)13-15-4-6-16(7-5-15)17-10-18(26(30,31)32)12-19(11-17)27(33,34)35/h1-12,14H,13H2/p+1. The number of hydrogen-bond donors (Lipinski definition) is 1. The van der Waals surface area contributed by atoms with Gasteiger partial charge in [-0.2, -0.15) is 30.9 Å². The second-order valence-corrected chi connectivity index (χ2v) is 8.59. The quantitative estimate of drug-likeness (QED) is 0.188. The lowest BCUT2D eigenvalue weighted by Crippen LogP contribution is -2.33. The highest BCUT2D eigenvalue weighted by Crippen LogP contribution is 2.38. The number of hydrogen-bond acceptors (Lipinski definition) is 1. The molecule has 0 unspecified atom stereocenters. The van der Waals surface area contributed by atoms with Crippen LogP contribution in [-0.4, -0.2) is 9.97 Å². The molecule has 2 aromatic heterocycles. The fourth-order valence-electron chi connectivity index (χ4n) is 4.05. The van der Waals surface area contributed by atoms with Gasteiger partial charge in [0.05, 0.1) is 16.7 Å². The van der Waals surface area contributed by atoms with Gasteiger partial charge in [0.1, 0.15) is 16.9 Å². The summed E-state index contributed by atoms with van der Waals surface area (Å²) in [5, 5.41) is 0. The average molecular weight is 534 g/mol. The molecule has 0 amide bonds. The molecule has 5 aromatic rings. The lowest BCUT2D eigenvalue weighted by atomic mass is 9.98. The number of imidazole rings is 1. The molecule has 0 radical (unpaired) electrons. The van der Waals surface area contributed by atoms with E-state index in [4.69, 9.17) is 0 Å². The van der Waals surface area contributed by atoms with Crippen molar-refractivity contribution in [3.05, 3.63) is 107 Å². The van der Waals surface area contributed by atoms with Gasteiger partial charge < -0.3 is 4.98 Å². The minimum atomic E-state index is -4.93. The largest absolute Gasteiger partial charge is 0.416 e. The Morgan fingerprint density at radius 1 is 0.763 bits per heavy atom. The Hall–Kier alpha value is -4.28. The molecule has 0 saturated carbocycles. The van der Waals surface area contributed by atoms with Crippen LogP contribution in [0.3, 0.4) is 0 Å². The number of alkyl halides is 6. The van der Waals surface area contributed by atoms with E-state index < -0.39 is 35.1 Å². The minimum absolute atomic E-state index is 0.0217. The van der Waals surface area contributed by atoms with Crippen LogP contribution in [0.15, 0.2) is 79.1 Å². The van der Waals surface area contributed by atoms with Gasteiger partial charge in [-0.15, -0.1) is 0 Å². The molecule has 38 heavy (non-hydrogen) atoms. The van der Waals surface area contributed by atoms with E-state index in [0.717, 1.165) is 11.6 Å². The molecule has 0 saturated heterocycles. The van der Waals surface area contributed by atoms with E-state index in [9.17, 15) is 35.1 Å². The van der Waals surface area contributed by atoms with Crippen LogP contribution in [0.4, 0.5) is 35.1 Å². The van der Waals surface area contributed by atoms with Gasteiger partial charge in [-0.05, 0) is 41.5 Å². The summed E-state index contributed by atoms with van der Waals surface area (Å²) in [5.74, 6) is -1.87. The second kappa shape index (κ2) is 9.23. The molecule has 11 heteroatoms. The smallest absolute Gasteiger partial charge is 0.333 e. The van der Waals surface area contributed by atoms with Gasteiger partial charge in [-0.1, -0.05) is 30.3 Å². The number of fused-ring (bicyclic) bond motifs is 1. The monoisotopic (exact) mass is 534 g/mol. The molecule has 194 valence electrons. The Morgan fingerprint density at radius 2 is 1.42 bits per heavy atom. The normalized spacial score (nSPS) is 12.3. The predicted octanol–water partition coefficient (Wildman–Crippen LogP) is 7.55. The highest BCUT2D eigenvalue weighted by Gasteiger charge is 2.37. The summed E-state index contributed by atoms with van der Waals surface area (Å²) < 4.78 is 109. The number of halogens is 8. The summed E-state index contributed by atoms with van der Waals surface area (Å²) in [6.45, 7) is 0.315. The maximum atomic E-state index is 14.1. The van der Waals surface area contributed by atoms with Crippen LogP contribution in [0, 0.1) is 11.6 Å². The zero-order valence-electron chi connectivity index (χ0n) is 19.1. The number of benzene rings is 3. The van der Waals surface area contributed by atoms with Crippen LogP contribution >= 0.6 is 0 Å². The van der Waals surface area contributed by atoms with Gasteiger partial charge >= 0.3 is 12.4 Å². The third-order valence-corrected chi connectivity index (χ3v) is 5.93. The first kappa shape index (κ1) is 25.4. The van der Waals surface area contributed by atoms with Crippen LogP contribution in [0.5, 0.6) is 0 Å². The Balaban J connectivity index is 1.41. The average Bonchev–Trinajstić information content (AvgIpc) is 3.28. The SMILES string of the molecule is Fc1cccc(-c2nc3cc[n+](Cc4ccc(-c5cc(C(F)(F)F)cc(C(F)(F)F)c5)cc4)cc3[nH]2)c1F. The molecule has 3 nitrogen and oxygen atoms in total.